The summed E-state index contributed by atoms with van der Waals surface area (Å²) in [5, 5.41) is -0.00415. The Morgan fingerprint density at radius 1 is 0.800 bits per heavy atom. The van der Waals surface area contributed by atoms with Gasteiger partial charge < -0.3 is 14.5 Å². The van der Waals surface area contributed by atoms with Crippen molar-refractivity contribution in [3.8, 4) is 0 Å². The number of nitrogens with zero attached hydrogens (tertiary/aromatic N) is 3. The first-order valence-electron chi connectivity index (χ1n) is 8.63. The molecule has 3 heterocycles. The molecule has 3 aliphatic heterocycles. The number of benzene rings is 1. The Balaban J connectivity index is 1.57. The number of amides is 2. The lowest BCUT2D eigenvalue weighted by Crippen LogP contribution is -2.40. The van der Waals surface area contributed by atoms with E-state index in [0.717, 1.165) is 18.8 Å². The van der Waals surface area contributed by atoms with Gasteiger partial charge in [0.05, 0.1) is 18.9 Å². The van der Waals surface area contributed by atoms with Gasteiger partial charge in [-0.25, -0.2) is 4.90 Å². The molecule has 25 heavy (non-hydrogen) atoms. The lowest BCUT2D eigenvalue weighted by molar-refractivity contribution is -0.121. The molecular weight excluding hydrogens is 342 g/mol. The fourth-order valence-corrected chi connectivity index (χ4v) is 3.86. The second-order valence-corrected chi connectivity index (χ2v) is 6.80. The van der Waals surface area contributed by atoms with Gasteiger partial charge in [0.1, 0.15) is 10.7 Å². The highest BCUT2D eigenvalue weighted by Crippen LogP contribution is 2.32. The third-order valence-corrected chi connectivity index (χ3v) is 5.25. The summed E-state index contributed by atoms with van der Waals surface area (Å²) in [6.45, 7) is 4.28. The van der Waals surface area contributed by atoms with Crippen molar-refractivity contribution in [1.29, 1.82) is 0 Å². The second-order valence-electron chi connectivity index (χ2n) is 6.42. The molecule has 3 aliphatic rings. The standard InChI is InChI=1S/C18H20ClN3O3/c19-15-16(21-9-11-25-12-10-21)18(24)22(17(15)23)14-5-3-13(4-6-14)20-7-1-2-8-20/h3-6H,1-2,7-12H2. The third-order valence-electron chi connectivity index (χ3n) is 4.91. The average Bonchev–Trinajstić information content (AvgIpc) is 3.24. The van der Waals surface area contributed by atoms with Gasteiger partial charge >= 0.3 is 0 Å². The molecule has 0 saturated carbocycles. The van der Waals surface area contributed by atoms with Gasteiger partial charge in [-0.2, -0.15) is 0 Å². The van der Waals surface area contributed by atoms with Crippen LogP contribution in [0.2, 0.25) is 0 Å². The van der Waals surface area contributed by atoms with Gasteiger partial charge in [-0.3, -0.25) is 9.59 Å². The van der Waals surface area contributed by atoms with Crippen molar-refractivity contribution in [2.75, 3.05) is 49.2 Å². The maximum absolute atomic E-state index is 12.8. The maximum atomic E-state index is 12.8. The normalized spacial score (nSPS) is 21.7. The molecule has 1 aromatic rings. The van der Waals surface area contributed by atoms with E-state index in [4.69, 9.17) is 16.3 Å². The van der Waals surface area contributed by atoms with Crippen molar-refractivity contribution in [2.45, 2.75) is 12.8 Å². The van der Waals surface area contributed by atoms with Crippen LogP contribution in [-0.4, -0.2) is 56.1 Å². The van der Waals surface area contributed by atoms with Gasteiger partial charge in [-0.15, -0.1) is 0 Å². The predicted molar refractivity (Wildman–Crippen MR) is 95.7 cm³/mol. The van der Waals surface area contributed by atoms with E-state index in [0.29, 0.717) is 37.7 Å². The average molecular weight is 362 g/mol. The lowest BCUT2D eigenvalue weighted by atomic mass is 10.2. The van der Waals surface area contributed by atoms with E-state index < -0.39 is 5.91 Å². The van der Waals surface area contributed by atoms with Crippen molar-refractivity contribution in [3.05, 3.63) is 35.0 Å². The summed E-state index contributed by atoms with van der Waals surface area (Å²) >= 11 is 6.21. The Morgan fingerprint density at radius 2 is 1.40 bits per heavy atom. The summed E-state index contributed by atoms with van der Waals surface area (Å²) < 4.78 is 5.31. The number of anilines is 2. The Labute approximate surface area is 151 Å². The van der Waals surface area contributed by atoms with Gasteiger partial charge in [0.15, 0.2) is 0 Å². The number of hydrogen-bond donors (Lipinski definition) is 0. The molecule has 1 aromatic carbocycles. The highest BCUT2D eigenvalue weighted by Gasteiger charge is 2.41. The number of rotatable bonds is 3. The number of hydrogen-bond acceptors (Lipinski definition) is 5. The molecule has 0 aromatic heterocycles. The molecule has 0 aliphatic carbocycles. The number of imide groups is 1. The summed E-state index contributed by atoms with van der Waals surface area (Å²) in [4.78, 5) is 30.7. The smallest absolute Gasteiger partial charge is 0.283 e. The van der Waals surface area contributed by atoms with Gasteiger partial charge in [-0.05, 0) is 37.1 Å². The highest BCUT2D eigenvalue weighted by molar-refractivity contribution is 6.52. The molecule has 4 rings (SSSR count). The zero-order valence-electron chi connectivity index (χ0n) is 13.9. The van der Waals surface area contributed by atoms with Crippen LogP contribution < -0.4 is 9.80 Å². The number of carbonyl (C=O) groups is 2. The number of morpholine rings is 1. The monoisotopic (exact) mass is 361 g/mol. The minimum Gasteiger partial charge on any atom is -0.378 e. The zero-order valence-corrected chi connectivity index (χ0v) is 14.7. The molecule has 0 N–H and O–H groups in total. The van der Waals surface area contributed by atoms with Crippen LogP contribution >= 0.6 is 11.6 Å². The third kappa shape index (κ3) is 2.89. The first-order valence-corrected chi connectivity index (χ1v) is 9.01. The van der Waals surface area contributed by atoms with E-state index in [-0.39, 0.29) is 10.9 Å². The molecule has 6 nitrogen and oxygen atoms in total. The van der Waals surface area contributed by atoms with Crippen molar-refractivity contribution in [1.82, 2.24) is 4.90 Å². The van der Waals surface area contributed by atoms with Crippen LogP contribution in [0.15, 0.2) is 35.0 Å². The molecule has 2 amide bonds. The molecule has 0 radical (unpaired) electrons. The van der Waals surface area contributed by atoms with E-state index in [9.17, 15) is 9.59 Å². The number of carbonyl (C=O) groups excluding carboxylic acids is 2. The Kier molecular flexibility index (Phi) is 4.39. The van der Waals surface area contributed by atoms with Crippen LogP contribution in [0.4, 0.5) is 11.4 Å². The van der Waals surface area contributed by atoms with E-state index >= 15 is 0 Å². The van der Waals surface area contributed by atoms with E-state index in [2.05, 4.69) is 4.90 Å². The van der Waals surface area contributed by atoms with E-state index in [1.807, 2.05) is 29.2 Å². The molecule has 0 unspecified atom stereocenters. The Morgan fingerprint density at radius 3 is 2.04 bits per heavy atom. The van der Waals surface area contributed by atoms with Crippen LogP contribution in [-0.2, 0) is 14.3 Å². The van der Waals surface area contributed by atoms with Gasteiger partial charge in [0.25, 0.3) is 11.8 Å². The zero-order chi connectivity index (χ0) is 17.4. The van der Waals surface area contributed by atoms with Crippen molar-refractivity contribution in [2.24, 2.45) is 0 Å². The Bertz CT molecular complexity index is 720. The summed E-state index contributed by atoms with van der Waals surface area (Å²) in [5.74, 6) is -0.812. The molecule has 0 spiro atoms. The van der Waals surface area contributed by atoms with Crippen molar-refractivity contribution < 1.29 is 14.3 Å². The Hall–Kier alpha value is -2.05. The number of halogens is 1. The van der Waals surface area contributed by atoms with Crippen LogP contribution in [0.3, 0.4) is 0 Å². The summed E-state index contributed by atoms with van der Waals surface area (Å²) in [7, 11) is 0. The summed E-state index contributed by atoms with van der Waals surface area (Å²) in [6, 6.07) is 7.55. The lowest BCUT2D eigenvalue weighted by Gasteiger charge is -2.29. The highest BCUT2D eigenvalue weighted by atomic mass is 35.5. The topological polar surface area (TPSA) is 53.1 Å². The van der Waals surface area contributed by atoms with Gasteiger partial charge in [0, 0.05) is 31.9 Å². The van der Waals surface area contributed by atoms with E-state index in [1.165, 1.54) is 17.7 Å². The molecule has 132 valence electrons. The predicted octanol–water partition coefficient (Wildman–Crippen LogP) is 1.94. The second kappa shape index (κ2) is 6.69. The van der Waals surface area contributed by atoms with Crippen LogP contribution in [0.25, 0.3) is 0 Å². The van der Waals surface area contributed by atoms with Gasteiger partial charge in [0.2, 0.25) is 0 Å². The molecule has 2 saturated heterocycles. The minimum atomic E-state index is -0.456. The quantitative estimate of drug-likeness (QED) is 0.770. The molecule has 0 atom stereocenters. The largest absolute Gasteiger partial charge is 0.378 e. The molecule has 7 heteroatoms. The molecular formula is C18H20ClN3O3. The van der Waals surface area contributed by atoms with Crippen LogP contribution in [0.5, 0.6) is 0 Å². The van der Waals surface area contributed by atoms with Crippen LogP contribution in [0.1, 0.15) is 12.8 Å². The number of ether oxygens (including phenoxy) is 1. The fourth-order valence-electron chi connectivity index (χ4n) is 3.57. The summed E-state index contributed by atoms with van der Waals surface area (Å²) in [6.07, 6.45) is 2.40. The molecule has 0 bridgehead atoms. The first kappa shape index (κ1) is 16.4. The first-order chi connectivity index (χ1) is 12.2. The van der Waals surface area contributed by atoms with Crippen molar-refractivity contribution >= 4 is 34.8 Å². The summed E-state index contributed by atoms with van der Waals surface area (Å²) in [5.41, 5.74) is 1.96. The van der Waals surface area contributed by atoms with Crippen molar-refractivity contribution in [3.63, 3.8) is 0 Å². The minimum absolute atomic E-state index is 0.00415. The SMILES string of the molecule is O=C1C(Cl)=C(N2CCOCC2)C(=O)N1c1ccc(N2CCCC2)cc1. The van der Waals surface area contributed by atoms with E-state index in [1.54, 1.807) is 0 Å². The van der Waals surface area contributed by atoms with Crippen LogP contribution in [0, 0.1) is 0 Å². The molecule has 2 fully saturated rings. The fraction of sp³-hybridized carbons (Fsp3) is 0.444. The maximum Gasteiger partial charge on any atom is 0.283 e. The van der Waals surface area contributed by atoms with Gasteiger partial charge in [-0.1, -0.05) is 11.6 Å².